The van der Waals surface area contributed by atoms with Gasteiger partial charge in [-0.3, -0.25) is 14.3 Å². The van der Waals surface area contributed by atoms with Crippen LogP contribution in [0.3, 0.4) is 0 Å². The van der Waals surface area contributed by atoms with Crippen LogP contribution in [0.25, 0.3) is 0 Å². The van der Waals surface area contributed by atoms with Gasteiger partial charge in [-0.05, 0) is 26.2 Å². The number of ether oxygens (including phenoxy) is 1. The number of esters is 1. The van der Waals surface area contributed by atoms with Crippen molar-refractivity contribution in [2.24, 2.45) is 7.05 Å². The van der Waals surface area contributed by atoms with Crippen molar-refractivity contribution < 1.29 is 19.1 Å². The number of rotatable bonds is 2. The first-order chi connectivity index (χ1) is 12.0. The zero-order valence-electron chi connectivity index (χ0n) is 14.6. The zero-order valence-corrected chi connectivity index (χ0v) is 14.6. The first-order valence-corrected chi connectivity index (χ1v) is 8.66. The first-order valence-electron chi connectivity index (χ1n) is 8.66. The molecule has 1 unspecified atom stereocenters. The molecule has 2 heterocycles. The number of aromatic nitrogens is 3. The number of carbonyl (C=O) groups is 3. The van der Waals surface area contributed by atoms with Crippen molar-refractivity contribution in [3.05, 3.63) is 11.4 Å². The molecule has 1 saturated heterocycles. The normalized spacial score (nSPS) is 20.2. The lowest BCUT2D eigenvalue weighted by Crippen LogP contribution is -2.53. The van der Waals surface area contributed by atoms with Gasteiger partial charge in [0.25, 0.3) is 0 Å². The lowest BCUT2D eigenvalue weighted by atomic mass is 9.88. The van der Waals surface area contributed by atoms with Crippen LogP contribution >= 0.6 is 0 Å². The third-order valence-corrected chi connectivity index (χ3v) is 4.81. The summed E-state index contributed by atoms with van der Waals surface area (Å²) < 4.78 is 6.43. The van der Waals surface area contributed by atoms with E-state index in [1.54, 1.807) is 16.5 Å². The molecule has 9 nitrogen and oxygen atoms in total. The number of amides is 2. The van der Waals surface area contributed by atoms with E-state index in [0.29, 0.717) is 26.2 Å². The van der Waals surface area contributed by atoms with E-state index in [-0.39, 0.29) is 18.4 Å². The molecular weight excluding hydrogens is 326 g/mol. The Balaban J connectivity index is 1.62. The molecule has 2 amide bonds. The molecule has 2 aliphatic rings. The average molecular weight is 349 g/mol. The van der Waals surface area contributed by atoms with Gasteiger partial charge in [0.15, 0.2) is 0 Å². The van der Waals surface area contributed by atoms with Gasteiger partial charge < -0.3 is 14.5 Å². The molecule has 136 valence electrons. The van der Waals surface area contributed by atoms with E-state index in [1.807, 2.05) is 7.05 Å². The van der Waals surface area contributed by atoms with Crippen molar-refractivity contribution >= 4 is 17.8 Å². The molecule has 0 aromatic carbocycles. The van der Waals surface area contributed by atoms with E-state index in [9.17, 15) is 14.4 Å². The zero-order chi connectivity index (χ0) is 18.0. The van der Waals surface area contributed by atoms with Crippen LogP contribution in [0.1, 0.15) is 37.1 Å². The highest BCUT2D eigenvalue weighted by Gasteiger charge is 2.36. The van der Waals surface area contributed by atoms with Gasteiger partial charge in [0.2, 0.25) is 5.91 Å². The quantitative estimate of drug-likeness (QED) is 0.526. The average Bonchev–Trinajstić information content (AvgIpc) is 3.02. The van der Waals surface area contributed by atoms with Crippen molar-refractivity contribution in [2.45, 2.75) is 32.1 Å². The van der Waals surface area contributed by atoms with Crippen LogP contribution in [0, 0.1) is 0 Å². The van der Waals surface area contributed by atoms with Crippen molar-refractivity contribution in [2.75, 3.05) is 32.8 Å². The van der Waals surface area contributed by atoms with E-state index in [2.05, 4.69) is 10.3 Å². The minimum Gasteiger partial charge on any atom is -0.459 e. The second kappa shape index (κ2) is 7.20. The van der Waals surface area contributed by atoms with Crippen LogP contribution in [0.4, 0.5) is 0 Å². The van der Waals surface area contributed by atoms with Crippen LogP contribution in [0.15, 0.2) is 0 Å². The second-order valence-electron chi connectivity index (χ2n) is 6.33. The molecule has 1 aliphatic heterocycles. The van der Waals surface area contributed by atoms with Gasteiger partial charge in [-0.2, -0.15) is 0 Å². The molecule has 25 heavy (non-hydrogen) atoms. The summed E-state index contributed by atoms with van der Waals surface area (Å²) in [5.74, 6) is -1.64. The topological polar surface area (TPSA) is 97.6 Å². The second-order valence-corrected chi connectivity index (χ2v) is 6.33. The fraction of sp³-hybridized carbons (Fsp3) is 0.688. The number of aryl methyl sites for hydroxylation is 2. The van der Waals surface area contributed by atoms with Crippen LogP contribution in [0.5, 0.6) is 0 Å². The van der Waals surface area contributed by atoms with Gasteiger partial charge in [-0.1, -0.05) is 5.21 Å². The molecule has 1 fully saturated rings. The van der Waals surface area contributed by atoms with Crippen LogP contribution in [-0.4, -0.2) is 75.4 Å². The van der Waals surface area contributed by atoms with Gasteiger partial charge in [-0.25, -0.2) is 4.79 Å². The molecule has 9 heteroatoms. The highest BCUT2D eigenvalue weighted by molar-refractivity contribution is 6.32. The van der Waals surface area contributed by atoms with Crippen molar-refractivity contribution in [1.82, 2.24) is 24.8 Å². The minimum atomic E-state index is -0.833. The van der Waals surface area contributed by atoms with Crippen molar-refractivity contribution in [1.29, 1.82) is 0 Å². The van der Waals surface area contributed by atoms with E-state index >= 15 is 0 Å². The Morgan fingerprint density at radius 3 is 2.52 bits per heavy atom. The summed E-state index contributed by atoms with van der Waals surface area (Å²) in [6.07, 6.45) is 2.56. The van der Waals surface area contributed by atoms with Gasteiger partial charge >= 0.3 is 11.9 Å². The van der Waals surface area contributed by atoms with E-state index < -0.39 is 11.9 Å². The third kappa shape index (κ3) is 3.35. The number of piperazine rings is 1. The molecule has 1 aromatic heterocycles. The Hall–Kier alpha value is -2.45. The summed E-state index contributed by atoms with van der Waals surface area (Å²) in [7, 11) is 1.81. The Kier molecular flexibility index (Phi) is 5.00. The van der Waals surface area contributed by atoms with Crippen LogP contribution in [0.2, 0.25) is 0 Å². The van der Waals surface area contributed by atoms with Gasteiger partial charge in [-0.15, -0.1) is 5.10 Å². The summed E-state index contributed by atoms with van der Waals surface area (Å²) in [6, 6.07) is 0. The molecule has 0 radical (unpaired) electrons. The lowest BCUT2D eigenvalue weighted by molar-refractivity contribution is -0.161. The van der Waals surface area contributed by atoms with E-state index in [4.69, 9.17) is 4.74 Å². The number of hydrogen-bond donors (Lipinski definition) is 0. The number of nitrogens with zero attached hydrogens (tertiary/aromatic N) is 5. The van der Waals surface area contributed by atoms with Crippen LogP contribution in [-0.2, 0) is 32.6 Å². The standard InChI is InChI=1S/C16H23N5O4/c1-3-25-16(24)15(23)21-9-7-20(8-10-21)14(22)11-5-4-6-12-13(11)19(2)18-17-12/h11H,3-10H2,1-2H3. The summed E-state index contributed by atoms with van der Waals surface area (Å²) in [6.45, 7) is 3.35. The maximum absolute atomic E-state index is 12.9. The van der Waals surface area contributed by atoms with E-state index in [0.717, 1.165) is 30.7 Å². The smallest absolute Gasteiger partial charge is 0.397 e. The fourth-order valence-electron chi connectivity index (χ4n) is 3.53. The number of hydrogen-bond acceptors (Lipinski definition) is 6. The summed E-state index contributed by atoms with van der Waals surface area (Å²) in [4.78, 5) is 39.7. The maximum Gasteiger partial charge on any atom is 0.397 e. The van der Waals surface area contributed by atoms with Gasteiger partial charge in [0, 0.05) is 33.2 Å². The monoisotopic (exact) mass is 349 g/mol. The Morgan fingerprint density at radius 1 is 1.16 bits per heavy atom. The maximum atomic E-state index is 12.9. The molecule has 0 spiro atoms. The van der Waals surface area contributed by atoms with Gasteiger partial charge in [0.1, 0.15) is 0 Å². The Morgan fingerprint density at radius 2 is 1.84 bits per heavy atom. The highest BCUT2D eigenvalue weighted by Crippen LogP contribution is 2.31. The third-order valence-electron chi connectivity index (χ3n) is 4.81. The summed E-state index contributed by atoms with van der Waals surface area (Å²) in [5, 5.41) is 8.18. The number of carbonyl (C=O) groups excluding carboxylic acids is 3. The van der Waals surface area contributed by atoms with Crippen molar-refractivity contribution in [3.63, 3.8) is 0 Å². The molecule has 1 atom stereocenters. The summed E-state index contributed by atoms with van der Waals surface area (Å²) in [5.41, 5.74) is 1.81. The molecule has 0 bridgehead atoms. The van der Waals surface area contributed by atoms with Crippen LogP contribution < -0.4 is 0 Å². The predicted octanol–water partition coefficient (Wildman–Crippen LogP) is -0.531. The first kappa shape index (κ1) is 17.4. The fourth-order valence-corrected chi connectivity index (χ4v) is 3.53. The molecule has 1 aromatic rings. The Bertz CT molecular complexity index is 678. The largest absolute Gasteiger partial charge is 0.459 e. The predicted molar refractivity (Wildman–Crippen MR) is 86.5 cm³/mol. The SMILES string of the molecule is CCOC(=O)C(=O)N1CCN(C(=O)C2CCCc3nnn(C)c32)CC1. The molecule has 1 aliphatic carbocycles. The van der Waals surface area contributed by atoms with E-state index in [1.165, 1.54) is 4.90 Å². The molecular formula is C16H23N5O4. The van der Waals surface area contributed by atoms with Gasteiger partial charge in [0.05, 0.1) is 23.9 Å². The number of fused-ring (bicyclic) bond motifs is 1. The van der Waals surface area contributed by atoms with Crippen molar-refractivity contribution in [3.8, 4) is 0 Å². The Labute approximate surface area is 145 Å². The molecule has 0 saturated carbocycles. The molecule has 3 rings (SSSR count). The lowest BCUT2D eigenvalue weighted by Gasteiger charge is -2.36. The highest BCUT2D eigenvalue weighted by atomic mass is 16.5. The summed E-state index contributed by atoms with van der Waals surface area (Å²) >= 11 is 0. The minimum absolute atomic E-state index is 0.0505. The molecule has 0 N–H and O–H groups in total.